The van der Waals surface area contributed by atoms with E-state index in [1.807, 2.05) is 0 Å². The van der Waals surface area contributed by atoms with Crippen molar-refractivity contribution in [2.24, 2.45) is 0 Å². The van der Waals surface area contributed by atoms with Crippen LogP contribution in [0.3, 0.4) is 0 Å². The van der Waals surface area contributed by atoms with Crippen molar-refractivity contribution in [2.75, 3.05) is 12.4 Å². The molecule has 1 atom stereocenters. The fourth-order valence-corrected chi connectivity index (χ4v) is 2.28. The zero-order valence-electron chi connectivity index (χ0n) is 10.6. The minimum absolute atomic E-state index is 0.238. The second-order valence-electron chi connectivity index (χ2n) is 4.26. The smallest absolute Gasteiger partial charge is 0.271 e. The van der Waals surface area contributed by atoms with Gasteiger partial charge in [0.1, 0.15) is 5.75 Å². The summed E-state index contributed by atoms with van der Waals surface area (Å²) >= 11 is 3.33. The predicted octanol–water partition coefficient (Wildman–Crippen LogP) is 2.92. The van der Waals surface area contributed by atoms with Crippen LogP contribution in [0, 0.1) is 0 Å². The molecule has 0 spiro atoms. The van der Waals surface area contributed by atoms with Gasteiger partial charge in [0.15, 0.2) is 11.6 Å². The average Bonchev–Trinajstić information content (AvgIpc) is 2.47. The van der Waals surface area contributed by atoms with Crippen molar-refractivity contribution in [3.63, 3.8) is 0 Å². The molecular formula is C14H11BrN2O3. The largest absolute Gasteiger partial charge is 0.497 e. The highest BCUT2D eigenvalue weighted by atomic mass is 79.9. The third kappa shape index (κ3) is 2.34. The molecule has 1 aromatic heterocycles. The summed E-state index contributed by atoms with van der Waals surface area (Å²) in [5.41, 5.74) is 0.758. The Morgan fingerprint density at radius 1 is 1.35 bits per heavy atom. The molecule has 3 rings (SSSR count). The zero-order valence-corrected chi connectivity index (χ0v) is 12.2. The van der Waals surface area contributed by atoms with Gasteiger partial charge in [0.2, 0.25) is 6.10 Å². The minimum atomic E-state index is -0.690. The summed E-state index contributed by atoms with van der Waals surface area (Å²) in [4.78, 5) is 16.2. The molecule has 0 saturated carbocycles. The van der Waals surface area contributed by atoms with Crippen molar-refractivity contribution in [3.8, 4) is 11.5 Å². The Labute approximate surface area is 124 Å². The van der Waals surface area contributed by atoms with Crippen molar-refractivity contribution in [1.82, 2.24) is 4.98 Å². The molecule has 6 heteroatoms. The van der Waals surface area contributed by atoms with Crippen LogP contribution in [0.4, 0.5) is 5.82 Å². The highest BCUT2D eigenvalue weighted by molar-refractivity contribution is 9.10. The average molecular weight is 335 g/mol. The number of anilines is 1. The summed E-state index contributed by atoms with van der Waals surface area (Å²) in [7, 11) is 1.60. The van der Waals surface area contributed by atoms with Crippen LogP contribution in [0.1, 0.15) is 11.7 Å². The number of nitrogens with zero attached hydrogens (tertiary/aromatic N) is 1. The van der Waals surface area contributed by atoms with Gasteiger partial charge in [-0.25, -0.2) is 4.98 Å². The van der Waals surface area contributed by atoms with E-state index < -0.39 is 6.10 Å². The van der Waals surface area contributed by atoms with E-state index in [4.69, 9.17) is 9.47 Å². The van der Waals surface area contributed by atoms with E-state index in [0.717, 1.165) is 15.8 Å². The number of amides is 1. The molecule has 1 aliphatic rings. The summed E-state index contributed by atoms with van der Waals surface area (Å²) in [5, 5.41) is 2.74. The predicted molar refractivity (Wildman–Crippen MR) is 76.9 cm³/mol. The molecule has 20 heavy (non-hydrogen) atoms. The third-order valence-corrected chi connectivity index (χ3v) is 3.40. The number of ether oxygens (including phenoxy) is 2. The van der Waals surface area contributed by atoms with E-state index in [1.54, 1.807) is 43.6 Å². The van der Waals surface area contributed by atoms with Crippen LogP contribution < -0.4 is 14.8 Å². The Kier molecular flexibility index (Phi) is 3.31. The van der Waals surface area contributed by atoms with E-state index in [1.165, 1.54) is 0 Å². The first-order chi connectivity index (χ1) is 9.67. The number of halogens is 1. The maximum Gasteiger partial charge on any atom is 0.271 e. The Bertz CT molecular complexity index is 658. The number of nitrogens with one attached hydrogen (secondary N) is 1. The molecule has 1 aliphatic heterocycles. The molecule has 0 aliphatic carbocycles. The molecule has 0 fully saturated rings. The van der Waals surface area contributed by atoms with Gasteiger partial charge in [0.05, 0.1) is 7.11 Å². The molecular weight excluding hydrogens is 324 g/mol. The lowest BCUT2D eigenvalue weighted by Crippen LogP contribution is -2.30. The van der Waals surface area contributed by atoms with Crippen molar-refractivity contribution in [2.45, 2.75) is 6.10 Å². The molecule has 2 heterocycles. The van der Waals surface area contributed by atoms with E-state index in [2.05, 4.69) is 26.2 Å². The van der Waals surface area contributed by atoms with Crippen LogP contribution in [-0.4, -0.2) is 18.0 Å². The van der Waals surface area contributed by atoms with E-state index in [9.17, 15) is 4.79 Å². The van der Waals surface area contributed by atoms with Crippen LogP contribution >= 0.6 is 15.9 Å². The third-order valence-electron chi connectivity index (χ3n) is 2.96. The quantitative estimate of drug-likeness (QED) is 0.917. The molecule has 1 amide bonds. The fourth-order valence-electron chi connectivity index (χ4n) is 1.97. The van der Waals surface area contributed by atoms with Gasteiger partial charge in [-0.3, -0.25) is 4.79 Å². The van der Waals surface area contributed by atoms with E-state index >= 15 is 0 Å². The summed E-state index contributed by atoms with van der Waals surface area (Å²) in [6.45, 7) is 0. The lowest BCUT2D eigenvalue weighted by atomic mass is 10.1. The number of methoxy groups -OCH3 is 1. The highest BCUT2D eigenvalue weighted by Crippen LogP contribution is 2.35. The van der Waals surface area contributed by atoms with Crippen molar-refractivity contribution < 1.29 is 14.3 Å². The Hall–Kier alpha value is -2.08. The van der Waals surface area contributed by atoms with Gasteiger partial charge in [0.25, 0.3) is 5.91 Å². The van der Waals surface area contributed by atoms with Crippen LogP contribution in [0.15, 0.2) is 41.0 Å². The lowest BCUT2D eigenvalue weighted by Gasteiger charge is -2.25. The number of hydrogen-bond acceptors (Lipinski definition) is 4. The number of rotatable bonds is 2. The number of fused-ring (bicyclic) bond motifs is 1. The Balaban J connectivity index is 1.92. The molecule has 0 saturated heterocycles. The first kappa shape index (κ1) is 12.9. The molecule has 102 valence electrons. The highest BCUT2D eigenvalue weighted by Gasteiger charge is 2.30. The summed E-state index contributed by atoms with van der Waals surface area (Å²) in [6, 6.07) is 8.97. The molecule has 1 N–H and O–H groups in total. The molecule has 1 aromatic carbocycles. The summed E-state index contributed by atoms with van der Waals surface area (Å²) in [5.74, 6) is 1.47. The number of carbonyl (C=O) groups excluding carboxylic acids is 1. The summed E-state index contributed by atoms with van der Waals surface area (Å²) in [6.07, 6.45) is 0.917. The van der Waals surface area contributed by atoms with Gasteiger partial charge in [0, 0.05) is 16.2 Å². The second kappa shape index (κ2) is 5.13. The Morgan fingerprint density at radius 3 is 2.80 bits per heavy atom. The molecule has 5 nitrogen and oxygen atoms in total. The monoisotopic (exact) mass is 334 g/mol. The SMILES string of the molecule is COc1ccc(C2Oc3cc(Br)cnc3NC2=O)cc1. The summed E-state index contributed by atoms with van der Waals surface area (Å²) < 4.78 is 11.6. The standard InChI is InChI=1S/C14H11BrN2O3/c1-19-10-4-2-8(3-5-10)12-14(18)17-13-11(20-12)6-9(15)7-16-13/h2-7,12H,1H3,(H,16,17,18). The minimum Gasteiger partial charge on any atom is -0.497 e. The topological polar surface area (TPSA) is 60.5 Å². The molecule has 0 bridgehead atoms. The van der Waals surface area contributed by atoms with Gasteiger partial charge in [-0.15, -0.1) is 0 Å². The van der Waals surface area contributed by atoms with Crippen LogP contribution in [0.5, 0.6) is 11.5 Å². The number of hydrogen-bond donors (Lipinski definition) is 1. The van der Waals surface area contributed by atoms with Gasteiger partial charge in [-0.05, 0) is 34.1 Å². The molecule has 1 unspecified atom stereocenters. The van der Waals surface area contributed by atoms with Crippen LogP contribution in [0.25, 0.3) is 0 Å². The number of benzene rings is 1. The molecule has 2 aromatic rings. The number of carbonyl (C=O) groups is 1. The number of pyridine rings is 1. The van der Waals surface area contributed by atoms with E-state index in [-0.39, 0.29) is 5.91 Å². The fraction of sp³-hybridized carbons (Fsp3) is 0.143. The maximum absolute atomic E-state index is 12.1. The zero-order chi connectivity index (χ0) is 14.1. The van der Waals surface area contributed by atoms with Gasteiger partial charge in [-0.1, -0.05) is 12.1 Å². The van der Waals surface area contributed by atoms with Gasteiger partial charge in [-0.2, -0.15) is 0 Å². The van der Waals surface area contributed by atoms with E-state index in [0.29, 0.717) is 11.6 Å². The van der Waals surface area contributed by atoms with Crippen molar-refractivity contribution in [3.05, 3.63) is 46.6 Å². The van der Waals surface area contributed by atoms with Crippen LogP contribution in [-0.2, 0) is 4.79 Å². The first-order valence-electron chi connectivity index (χ1n) is 5.94. The van der Waals surface area contributed by atoms with Gasteiger partial charge < -0.3 is 14.8 Å². The van der Waals surface area contributed by atoms with Crippen LogP contribution in [0.2, 0.25) is 0 Å². The normalized spacial score (nSPS) is 16.9. The lowest BCUT2D eigenvalue weighted by molar-refractivity contribution is -0.123. The van der Waals surface area contributed by atoms with Crippen molar-refractivity contribution >= 4 is 27.7 Å². The molecule has 0 radical (unpaired) electrons. The Morgan fingerprint density at radius 2 is 2.10 bits per heavy atom. The van der Waals surface area contributed by atoms with Crippen molar-refractivity contribution in [1.29, 1.82) is 0 Å². The number of aromatic nitrogens is 1. The second-order valence-corrected chi connectivity index (χ2v) is 5.18. The maximum atomic E-state index is 12.1. The first-order valence-corrected chi connectivity index (χ1v) is 6.73. The van der Waals surface area contributed by atoms with Gasteiger partial charge >= 0.3 is 0 Å².